The first kappa shape index (κ1) is 9.29. The van der Waals surface area contributed by atoms with E-state index in [4.69, 9.17) is 10.5 Å². The van der Waals surface area contributed by atoms with Crippen LogP contribution in [0.15, 0.2) is 18.2 Å². The SMILES string of the molecule is Cc1ccc(C#N)c(CCC#N)c1. The fourth-order valence-corrected chi connectivity index (χ4v) is 1.23. The van der Waals surface area contributed by atoms with Crippen LogP contribution < -0.4 is 0 Å². The Morgan fingerprint density at radius 1 is 1.31 bits per heavy atom. The summed E-state index contributed by atoms with van der Waals surface area (Å²) in [6, 6.07) is 9.89. The first-order valence-electron chi connectivity index (χ1n) is 4.14. The van der Waals surface area contributed by atoms with Gasteiger partial charge in [0, 0.05) is 6.42 Å². The van der Waals surface area contributed by atoms with E-state index in [1.807, 2.05) is 25.1 Å². The molecule has 0 radical (unpaired) electrons. The van der Waals surface area contributed by atoms with Gasteiger partial charge in [0.05, 0.1) is 17.7 Å². The Hall–Kier alpha value is -1.80. The number of aryl methyl sites for hydroxylation is 2. The monoisotopic (exact) mass is 170 g/mol. The molecule has 0 amide bonds. The van der Waals surface area contributed by atoms with Crippen LogP contribution in [0.2, 0.25) is 0 Å². The third kappa shape index (κ3) is 2.32. The second-order valence-electron chi connectivity index (χ2n) is 2.93. The average molecular weight is 170 g/mol. The maximum atomic E-state index is 8.78. The highest BCUT2D eigenvalue weighted by atomic mass is 14.3. The Labute approximate surface area is 78.0 Å². The van der Waals surface area contributed by atoms with Crippen molar-refractivity contribution in [2.24, 2.45) is 0 Å². The summed E-state index contributed by atoms with van der Waals surface area (Å²) in [6.07, 6.45) is 1.14. The van der Waals surface area contributed by atoms with Crippen LogP contribution in [0, 0.1) is 29.6 Å². The fourth-order valence-electron chi connectivity index (χ4n) is 1.23. The van der Waals surface area contributed by atoms with Gasteiger partial charge in [-0.15, -0.1) is 0 Å². The van der Waals surface area contributed by atoms with E-state index in [9.17, 15) is 0 Å². The predicted molar refractivity (Wildman–Crippen MR) is 49.8 cm³/mol. The van der Waals surface area contributed by atoms with Crippen molar-refractivity contribution in [1.29, 1.82) is 10.5 Å². The van der Waals surface area contributed by atoms with Crippen molar-refractivity contribution in [2.75, 3.05) is 0 Å². The van der Waals surface area contributed by atoms with Crippen molar-refractivity contribution in [2.45, 2.75) is 19.8 Å². The molecule has 0 fully saturated rings. The number of nitriles is 2. The number of hydrogen-bond donors (Lipinski definition) is 0. The van der Waals surface area contributed by atoms with Crippen LogP contribution in [0.25, 0.3) is 0 Å². The van der Waals surface area contributed by atoms with E-state index >= 15 is 0 Å². The molecule has 0 aliphatic carbocycles. The molecule has 0 heterocycles. The molecule has 0 bridgehead atoms. The van der Waals surface area contributed by atoms with Gasteiger partial charge in [-0.3, -0.25) is 0 Å². The molecule has 0 spiro atoms. The fraction of sp³-hybridized carbons (Fsp3) is 0.273. The number of hydrogen-bond acceptors (Lipinski definition) is 2. The van der Waals surface area contributed by atoms with E-state index in [0.717, 1.165) is 11.1 Å². The zero-order valence-electron chi connectivity index (χ0n) is 7.54. The number of nitrogens with zero attached hydrogens (tertiary/aromatic N) is 2. The Kier molecular flexibility index (Phi) is 3.06. The zero-order valence-corrected chi connectivity index (χ0v) is 7.54. The van der Waals surface area contributed by atoms with Gasteiger partial charge in [-0.05, 0) is 25.0 Å². The summed E-state index contributed by atoms with van der Waals surface area (Å²) in [5.74, 6) is 0. The topological polar surface area (TPSA) is 47.6 Å². The molecule has 2 heteroatoms. The maximum Gasteiger partial charge on any atom is 0.0994 e. The summed E-state index contributed by atoms with van der Waals surface area (Å²) in [5, 5.41) is 17.2. The minimum atomic E-state index is 0.470. The van der Waals surface area contributed by atoms with Gasteiger partial charge in [0.2, 0.25) is 0 Å². The van der Waals surface area contributed by atoms with Gasteiger partial charge in [0.15, 0.2) is 0 Å². The van der Waals surface area contributed by atoms with Gasteiger partial charge in [-0.2, -0.15) is 10.5 Å². The van der Waals surface area contributed by atoms with Crippen LogP contribution in [0.3, 0.4) is 0 Å². The highest BCUT2D eigenvalue weighted by molar-refractivity contribution is 5.40. The normalized spacial score (nSPS) is 8.85. The standard InChI is InChI=1S/C11H10N2/c1-9-4-5-11(8-13)10(7-9)3-2-6-12/h4-5,7H,2-3H2,1H3. The molecular weight excluding hydrogens is 160 g/mol. The molecule has 0 atom stereocenters. The number of benzene rings is 1. The average Bonchev–Trinajstić information content (AvgIpc) is 2.15. The molecule has 0 aliphatic heterocycles. The quantitative estimate of drug-likeness (QED) is 0.683. The summed E-state index contributed by atoms with van der Waals surface area (Å²) in [7, 11) is 0. The molecule has 64 valence electrons. The smallest absolute Gasteiger partial charge is 0.0994 e. The lowest BCUT2D eigenvalue weighted by Gasteiger charge is -2.01. The van der Waals surface area contributed by atoms with Gasteiger partial charge in [0.1, 0.15) is 0 Å². The van der Waals surface area contributed by atoms with Crippen molar-refractivity contribution in [3.8, 4) is 12.1 Å². The first-order chi connectivity index (χ1) is 6.27. The second-order valence-corrected chi connectivity index (χ2v) is 2.93. The van der Waals surface area contributed by atoms with Crippen molar-refractivity contribution in [3.05, 3.63) is 34.9 Å². The highest BCUT2D eigenvalue weighted by Crippen LogP contribution is 2.12. The van der Waals surface area contributed by atoms with Crippen LogP contribution in [-0.4, -0.2) is 0 Å². The molecule has 0 aromatic heterocycles. The van der Waals surface area contributed by atoms with Crippen LogP contribution in [0.5, 0.6) is 0 Å². The molecule has 0 unspecified atom stereocenters. The highest BCUT2D eigenvalue weighted by Gasteiger charge is 2.00. The van der Waals surface area contributed by atoms with Crippen LogP contribution in [0.1, 0.15) is 23.1 Å². The van der Waals surface area contributed by atoms with Gasteiger partial charge in [0.25, 0.3) is 0 Å². The summed E-state index contributed by atoms with van der Waals surface area (Å²) < 4.78 is 0. The molecular formula is C11H10N2. The van der Waals surface area contributed by atoms with Gasteiger partial charge >= 0.3 is 0 Å². The molecule has 13 heavy (non-hydrogen) atoms. The first-order valence-corrected chi connectivity index (χ1v) is 4.14. The van der Waals surface area contributed by atoms with E-state index in [1.165, 1.54) is 0 Å². The maximum absolute atomic E-state index is 8.78. The van der Waals surface area contributed by atoms with Crippen LogP contribution in [-0.2, 0) is 6.42 Å². The van der Waals surface area contributed by atoms with Crippen molar-refractivity contribution >= 4 is 0 Å². The zero-order chi connectivity index (χ0) is 9.68. The Morgan fingerprint density at radius 3 is 2.69 bits per heavy atom. The molecule has 0 N–H and O–H groups in total. The predicted octanol–water partition coefficient (Wildman–Crippen LogP) is 2.32. The minimum absolute atomic E-state index is 0.470. The lowest BCUT2D eigenvalue weighted by Crippen LogP contribution is -1.90. The van der Waals surface area contributed by atoms with Crippen molar-refractivity contribution in [1.82, 2.24) is 0 Å². The Balaban J connectivity index is 2.97. The van der Waals surface area contributed by atoms with E-state index in [-0.39, 0.29) is 0 Å². The summed E-state index contributed by atoms with van der Waals surface area (Å²) >= 11 is 0. The van der Waals surface area contributed by atoms with Crippen molar-refractivity contribution in [3.63, 3.8) is 0 Å². The minimum Gasteiger partial charge on any atom is -0.198 e. The molecule has 0 aliphatic rings. The molecule has 1 aromatic carbocycles. The Bertz CT molecular complexity index is 380. The molecule has 0 saturated heterocycles. The van der Waals surface area contributed by atoms with Crippen molar-refractivity contribution < 1.29 is 0 Å². The number of rotatable bonds is 2. The lowest BCUT2D eigenvalue weighted by molar-refractivity contribution is 1.00. The molecule has 0 saturated carbocycles. The van der Waals surface area contributed by atoms with Crippen LogP contribution in [0.4, 0.5) is 0 Å². The lowest BCUT2D eigenvalue weighted by atomic mass is 10.0. The van der Waals surface area contributed by atoms with E-state index < -0.39 is 0 Å². The third-order valence-corrected chi connectivity index (χ3v) is 1.89. The van der Waals surface area contributed by atoms with Gasteiger partial charge in [-0.1, -0.05) is 17.7 Å². The molecule has 2 nitrogen and oxygen atoms in total. The third-order valence-electron chi connectivity index (χ3n) is 1.89. The van der Waals surface area contributed by atoms with E-state index in [0.29, 0.717) is 18.4 Å². The summed E-state index contributed by atoms with van der Waals surface area (Å²) in [4.78, 5) is 0. The molecule has 1 aromatic rings. The Morgan fingerprint density at radius 2 is 2.08 bits per heavy atom. The summed E-state index contributed by atoms with van der Waals surface area (Å²) in [6.45, 7) is 1.98. The van der Waals surface area contributed by atoms with E-state index in [2.05, 4.69) is 12.1 Å². The molecule has 1 rings (SSSR count). The van der Waals surface area contributed by atoms with Gasteiger partial charge in [-0.25, -0.2) is 0 Å². The second kappa shape index (κ2) is 4.28. The largest absolute Gasteiger partial charge is 0.198 e. The van der Waals surface area contributed by atoms with E-state index in [1.54, 1.807) is 0 Å². The summed E-state index contributed by atoms with van der Waals surface area (Å²) in [5.41, 5.74) is 2.79. The van der Waals surface area contributed by atoms with Crippen LogP contribution >= 0.6 is 0 Å². The van der Waals surface area contributed by atoms with Gasteiger partial charge < -0.3 is 0 Å².